The standard InChI is InChI=1S/C22H26N2O4/c1-5-9-16-12-17(13-19(27-3)21(16)28-4)22(26)23-14-20(25)24-18-11-8-7-10-15(18)6-2/h5,7-13H,6,14H2,1-4H3,(H,23,26)(H,24,25)/b9-5+. The molecule has 2 aromatic rings. The number of amides is 2. The van der Waals surface area contributed by atoms with Crippen molar-refractivity contribution in [3.8, 4) is 11.5 Å². The van der Waals surface area contributed by atoms with Crippen molar-refractivity contribution in [1.82, 2.24) is 5.32 Å². The van der Waals surface area contributed by atoms with Gasteiger partial charge >= 0.3 is 0 Å². The molecular weight excluding hydrogens is 356 g/mol. The summed E-state index contributed by atoms with van der Waals surface area (Å²) in [4.78, 5) is 24.8. The second-order valence-corrected chi connectivity index (χ2v) is 6.04. The SMILES string of the molecule is C/C=C/c1cc(C(=O)NCC(=O)Nc2ccccc2CC)cc(OC)c1OC. The van der Waals surface area contributed by atoms with Crippen molar-refractivity contribution in [2.24, 2.45) is 0 Å². The van der Waals surface area contributed by atoms with Crippen molar-refractivity contribution in [2.45, 2.75) is 20.3 Å². The quantitative estimate of drug-likeness (QED) is 0.730. The smallest absolute Gasteiger partial charge is 0.251 e. The van der Waals surface area contributed by atoms with Crippen LogP contribution in [0.1, 0.15) is 35.3 Å². The van der Waals surface area contributed by atoms with Crippen LogP contribution >= 0.6 is 0 Å². The van der Waals surface area contributed by atoms with Crippen molar-refractivity contribution in [1.29, 1.82) is 0 Å². The highest BCUT2D eigenvalue weighted by atomic mass is 16.5. The van der Waals surface area contributed by atoms with Crippen LogP contribution in [0.5, 0.6) is 11.5 Å². The Balaban J connectivity index is 2.10. The molecule has 0 saturated carbocycles. The minimum Gasteiger partial charge on any atom is -0.493 e. The van der Waals surface area contributed by atoms with Crippen molar-refractivity contribution < 1.29 is 19.1 Å². The van der Waals surface area contributed by atoms with E-state index in [1.54, 1.807) is 19.2 Å². The summed E-state index contributed by atoms with van der Waals surface area (Å²) < 4.78 is 10.7. The Morgan fingerprint density at radius 1 is 1.11 bits per heavy atom. The van der Waals surface area contributed by atoms with Gasteiger partial charge in [-0.1, -0.05) is 37.3 Å². The maximum Gasteiger partial charge on any atom is 0.251 e. The van der Waals surface area contributed by atoms with Crippen LogP contribution in [0.25, 0.3) is 6.08 Å². The fraction of sp³-hybridized carbons (Fsp3) is 0.273. The molecule has 2 N–H and O–H groups in total. The first-order chi connectivity index (χ1) is 13.5. The number of methoxy groups -OCH3 is 2. The molecule has 2 rings (SSSR count). The lowest BCUT2D eigenvalue weighted by Crippen LogP contribution is -2.33. The van der Waals surface area contributed by atoms with E-state index in [1.807, 2.05) is 50.3 Å². The summed E-state index contributed by atoms with van der Waals surface area (Å²) >= 11 is 0. The number of allylic oxidation sites excluding steroid dienone is 1. The summed E-state index contributed by atoms with van der Waals surface area (Å²) in [6, 6.07) is 10.9. The van der Waals surface area contributed by atoms with Crippen molar-refractivity contribution in [2.75, 3.05) is 26.1 Å². The van der Waals surface area contributed by atoms with Crippen LogP contribution in [0.2, 0.25) is 0 Å². The molecule has 0 unspecified atom stereocenters. The van der Waals surface area contributed by atoms with Gasteiger partial charge in [0.1, 0.15) is 0 Å². The molecule has 0 bridgehead atoms. The molecule has 0 aliphatic carbocycles. The Morgan fingerprint density at radius 2 is 1.86 bits per heavy atom. The lowest BCUT2D eigenvalue weighted by Gasteiger charge is -2.14. The van der Waals surface area contributed by atoms with Crippen molar-refractivity contribution >= 4 is 23.6 Å². The van der Waals surface area contributed by atoms with Crippen molar-refractivity contribution in [3.05, 3.63) is 59.2 Å². The van der Waals surface area contributed by atoms with Crippen LogP contribution in [-0.2, 0) is 11.2 Å². The Bertz CT molecular complexity index is 875. The average Bonchev–Trinajstić information content (AvgIpc) is 2.71. The predicted octanol–water partition coefficient (Wildman–Crippen LogP) is 3.67. The van der Waals surface area contributed by atoms with E-state index in [0.717, 1.165) is 23.2 Å². The van der Waals surface area contributed by atoms with Gasteiger partial charge in [-0.2, -0.15) is 0 Å². The van der Waals surface area contributed by atoms with E-state index < -0.39 is 0 Å². The molecule has 2 aromatic carbocycles. The third-order valence-corrected chi connectivity index (χ3v) is 4.20. The number of hydrogen-bond acceptors (Lipinski definition) is 4. The number of ether oxygens (including phenoxy) is 2. The number of carbonyl (C=O) groups is 2. The van der Waals surface area contributed by atoms with E-state index in [1.165, 1.54) is 7.11 Å². The molecule has 0 aliphatic rings. The van der Waals surface area contributed by atoms with E-state index in [9.17, 15) is 9.59 Å². The van der Waals surface area contributed by atoms with Gasteiger partial charge in [-0.3, -0.25) is 9.59 Å². The van der Waals surface area contributed by atoms with E-state index in [2.05, 4.69) is 10.6 Å². The minimum absolute atomic E-state index is 0.135. The number of para-hydroxylation sites is 1. The first kappa shape index (κ1) is 21.0. The second-order valence-electron chi connectivity index (χ2n) is 6.04. The lowest BCUT2D eigenvalue weighted by molar-refractivity contribution is -0.115. The van der Waals surface area contributed by atoms with E-state index >= 15 is 0 Å². The molecule has 0 heterocycles. The van der Waals surface area contributed by atoms with Gasteiger partial charge in [0.15, 0.2) is 11.5 Å². The molecule has 6 nitrogen and oxygen atoms in total. The summed E-state index contributed by atoms with van der Waals surface area (Å²) in [6.07, 6.45) is 4.48. The zero-order valence-electron chi connectivity index (χ0n) is 16.7. The highest BCUT2D eigenvalue weighted by Crippen LogP contribution is 2.33. The van der Waals surface area contributed by atoms with Gasteiger partial charge in [-0.05, 0) is 37.1 Å². The second kappa shape index (κ2) is 10.2. The van der Waals surface area contributed by atoms with Gasteiger partial charge < -0.3 is 20.1 Å². The third-order valence-electron chi connectivity index (χ3n) is 4.20. The average molecular weight is 382 g/mol. The van der Waals surface area contributed by atoms with E-state index in [4.69, 9.17) is 9.47 Å². The molecule has 0 fully saturated rings. The van der Waals surface area contributed by atoms with Crippen LogP contribution in [0.4, 0.5) is 5.69 Å². The van der Waals surface area contributed by atoms with Crippen LogP contribution < -0.4 is 20.1 Å². The zero-order valence-corrected chi connectivity index (χ0v) is 16.7. The van der Waals surface area contributed by atoms with Crippen molar-refractivity contribution in [3.63, 3.8) is 0 Å². The number of aryl methyl sites for hydroxylation is 1. The molecule has 6 heteroatoms. The number of carbonyl (C=O) groups excluding carboxylic acids is 2. The Labute approximate surface area is 165 Å². The van der Waals surface area contributed by atoms with Gasteiger partial charge in [0.25, 0.3) is 5.91 Å². The summed E-state index contributed by atoms with van der Waals surface area (Å²) in [7, 11) is 3.06. The molecule has 2 amide bonds. The van der Waals surface area contributed by atoms with Crippen LogP contribution in [0.3, 0.4) is 0 Å². The van der Waals surface area contributed by atoms with Gasteiger partial charge in [0.05, 0.1) is 20.8 Å². The molecule has 28 heavy (non-hydrogen) atoms. The number of hydrogen-bond donors (Lipinski definition) is 2. The van der Waals surface area contributed by atoms with Crippen LogP contribution in [0.15, 0.2) is 42.5 Å². The number of anilines is 1. The summed E-state index contributed by atoms with van der Waals surface area (Å²) in [5.74, 6) is 0.338. The zero-order chi connectivity index (χ0) is 20.5. The summed E-state index contributed by atoms with van der Waals surface area (Å²) in [5.41, 5.74) is 2.90. The monoisotopic (exact) mass is 382 g/mol. The van der Waals surface area contributed by atoms with Crippen LogP contribution in [-0.4, -0.2) is 32.6 Å². The number of benzene rings is 2. The topological polar surface area (TPSA) is 76.7 Å². The van der Waals surface area contributed by atoms with Gasteiger partial charge in [0.2, 0.25) is 5.91 Å². The fourth-order valence-corrected chi connectivity index (χ4v) is 2.84. The molecule has 0 radical (unpaired) electrons. The van der Waals surface area contributed by atoms with E-state index in [0.29, 0.717) is 17.1 Å². The fourth-order valence-electron chi connectivity index (χ4n) is 2.84. The minimum atomic E-state index is -0.370. The predicted molar refractivity (Wildman–Crippen MR) is 111 cm³/mol. The third kappa shape index (κ3) is 5.13. The number of nitrogens with one attached hydrogen (secondary N) is 2. The largest absolute Gasteiger partial charge is 0.493 e. The molecule has 0 spiro atoms. The first-order valence-electron chi connectivity index (χ1n) is 9.08. The highest BCUT2D eigenvalue weighted by molar-refractivity contribution is 6.00. The maximum absolute atomic E-state index is 12.5. The highest BCUT2D eigenvalue weighted by Gasteiger charge is 2.16. The molecule has 0 aliphatic heterocycles. The molecule has 148 valence electrons. The summed E-state index contributed by atoms with van der Waals surface area (Å²) in [5, 5.41) is 5.47. The molecular formula is C22H26N2O4. The van der Waals surface area contributed by atoms with Crippen LogP contribution in [0, 0.1) is 0 Å². The molecule has 0 aromatic heterocycles. The maximum atomic E-state index is 12.5. The van der Waals surface area contributed by atoms with Gasteiger partial charge in [-0.25, -0.2) is 0 Å². The first-order valence-corrected chi connectivity index (χ1v) is 9.08. The van der Waals surface area contributed by atoms with Gasteiger partial charge in [-0.15, -0.1) is 0 Å². The van der Waals surface area contributed by atoms with Gasteiger partial charge in [0, 0.05) is 16.8 Å². The molecule has 0 atom stereocenters. The Kier molecular flexibility index (Phi) is 7.63. The Hall–Kier alpha value is -3.28. The number of rotatable bonds is 8. The van der Waals surface area contributed by atoms with E-state index in [-0.39, 0.29) is 18.4 Å². The lowest BCUT2D eigenvalue weighted by atomic mass is 10.1. The Morgan fingerprint density at radius 3 is 2.50 bits per heavy atom. The summed E-state index contributed by atoms with van der Waals surface area (Å²) in [6.45, 7) is 3.76. The molecule has 0 saturated heterocycles. The normalized spacial score (nSPS) is 10.6.